The lowest BCUT2D eigenvalue weighted by atomic mass is 9.82. The number of carboxylic acid groups (broad SMARTS) is 1. The second-order valence-electron chi connectivity index (χ2n) is 8.04. The van der Waals surface area contributed by atoms with Crippen molar-refractivity contribution in [3.05, 3.63) is 64.3 Å². The number of urea groups is 1. The van der Waals surface area contributed by atoms with Crippen LogP contribution in [0.25, 0.3) is 10.4 Å². The zero-order valence-electron chi connectivity index (χ0n) is 17.6. The second-order valence-corrected chi connectivity index (χ2v) is 9.51. The minimum absolute atomic E-state index is 0.218. The number of nitrogens with zero attached hydrogens (tertiary/aromatic N) is 1. The van der Waals surface area contributed by atoms with E-state index in [0.29, 0.717) is 35.2 Å². The van der Waals surface area contributed by atoms with Crippen LogP contribution in [0.4, 0.5) is 16.2 Å². The standard InChI is InChI=1S/C24H24ClN3O3S/c1-14-3-2-4-19(25)21(14)28-24(31)27-18-11-9-15(10-12-18)20-13-26-22(32-20)16-5-7-17(8-6-16)23(29)30/h2-4,9-13,16-17H,5-8H2,1H3,(H,29,30)(H2,27,28,31). The van der Waals surface area contributed by atoms with Crippen molar-refractivity contribution in [3.8, 4) is 10.4 Å². The number of benzene rings is 2. The van der Waals surface area contributed by atoms with Gasteiger partial charge in [0, 0.05) is 17.8 Å². The number of anilines is 2. The van der Waals surface area contributed by atoms with Gasteiger partial charge in [0.15, 0.2) is 0 Å². The average Bonchev–Trinajstić information content (AvgIpc) is 3.27. The van der Waals surface area contributed by atoms with Gasteiger partial charge in [0.05, 0.1) is 26.5 Å². The number of para-hydroxylation sites is 1. The van der Waals surface area contributed by atoms with Crippen LogP contribution in [0, 0.1) is 12.8 Å². The Hall–Kier alpha value is -2.90. The van der Waals surface area contributed by atoms with Gasteiger partial charge in [-0.05, 0) is 61.9 Å². The summed E-state index contributed by atoms with van der Waals surface area (Å²) in [5.74, 6) is -0.570. The summed E-state index contributed by atoms with van der Waals surface area (Å²) in [6.45, 7) is 1.89. The van der Waals surface area contributed by atoms with Gasteiger partial charge in [-0.15, -0.1) is 11.3 Å². The molecule has 3 aromatic rings. The molecule has 1 fully saturated rings. The van der Waals surface area contributed by atoms with E-state index in [1.54, 1.807) is 17.4 Å². The average molecular weight is 470 g/mol. The van der Waals surface area contributed by atoms with E-state index in [1.807, 2.05) is 49.5 Å². The maximum Gasteiger partial charge on any atom is 0.323 e. The van der Waals surface area contributed by atoms with Crippen molar-refractivity contribution in [2.45, 2.75) is 38.5 Å². The minimum atomic E-state index is -0.687. The van der Waals surface area contributed by atoms with Crippen LogP contribution < -0.4 is 10.6 Å². The van der Waals surface area contributed by atoms with Crippen molar-refractivity contribution in [1.82, 2.24) is 4.98 Å². The lowest BCUT2D eigenvalue weighted by molar-refractivity contribution is -0.142. The highest BCUT2D eigenvalue weighted by molar-refractivity contribution is 7.15. The summed E-state index contributed by atoms with van der Waals surface area (Å²) in [4.78, 5) is 29.2. The SMILES string of the molecule is Cc1cccc(Cl)c1NC(=O)Nc1ccc(-c2cnc(C3CCC(C(=O)O)CC3)s2)cc1. The molecule has 1 aliphatic rings. The minimum Gasteiger partial charge on any atom is -0.481 e. The summed E-state index contributed by atoms with van der Waals surface area (Å²) in [6.07, 6.45) is 5.04. The zero-order valence-corrected chi connectivity index (χ0v) is 19.2. The molecule has 3 N–H and O–H groups in total. The molecule has 0 bridgehead atoms. The van der Waals surface area contributed by atoms with Crippen LogP contribution in [-0.2, 0) is 4.79 Å². The third-order valence-corrected chi connectivity index (χ3v) is 7.36. The summed E-state index contributed by atoms with van der Waals surface area (Å²) < 4.78 is 0. The fraction of sp³-hybridized carbons (Fsp3) is 0.292. The third-order valence-electron chi connectivity index (χ3n) is 5.84. The quantitative estimate of drug-likeness (QED) is 0.384. The number of aryl methyl sites for hydroxylation is 1. The number of rotatable bonds is 5. The first-order chi connectivity index (χ1) is 15.4. The number of carbonyl (C=O) groups is 2. The molecule has 0 unspecified atom stereocenters. The second kappa shape index (κ2) is 9.71. The van der Waals surface area contributed by atoms with Crippen LogP contribution in [0.1, 0.15) is 42.2 Å². The number of nitrogens with one attached hydrogen (secondary N) is 2. The largest absolute Gasteiger partial charge is 0.481 e. The zero-order chi connectivity index (χ0) is 22.7. The first kappa shape index (κ1) is 22.3. The van der Waals surface area contributed by atoms with Gasteiger partial charge < -0.3 is 15.7 Å². The van der Waals surface area contributed by atoms with Gasteiger partial charge in [-0.1, -0.05) is 35.9 Å². The van der Waals surface area contributed by atoms with Crippen molar-refractivity contribution in [3.63, 3.8) is 0 Å². The van der Waals surface area contributed by atoms with Gasteiger partial charge in [-0.3, -0.25) is 4.79 Å². The molecule has 0 saturated heterocycles. The Morgan fingerprint density at radius 1 is 1.06 bits per heavy atom. The van der Waals surface area contributed by atoms with Crippen molar-refractivity contribution in [2.75, 3.05) is 10.6 Å². The number of aromatic nitrogens is 1. The topological polar surface area (TPSA) is 91.3 Å². The molecule has 8 heteroatoms. The molecule has 1 aromatic heterocycles. The summed E-state index contributed by atoms with van der Waals surface area (Å²) in [7, 11) is 0. The van der Waals surface area contributed by atoms with Crippen molar-refractivity contribution >= 4 is 46.3 Å². The molecule has 1 saturated carbocycles. The van der Waals surface area contributed by atoms with Crippen LogP contribution in [0.3, 0.4) is 0 Å². The lowest BCUT2D eigenvalue weighted by Crippen LogP contribution is -2.20. The molecule has 0 aliphatic heterocycles. The third kappa shape index (κ3) is 5.11. The molecule has 0 radical (unpaired) electrons. The molecule has 2 amide bonds. The highest BCUT2D eigenvalue weighted by Gasteiger charge is 2.28. The molecular formula is C24H24ClN3O3S. The fourth-order valence-electron chi connectivity index (χ4n) is 3.98. The number of carboxylic acids is 1. The van der Waals surface area contributed by atoms with E-state index < -0.39 is 5.97 Å². The monoisotopic (exact) mass is 469 g/mol. The normalized spacial score (nSPS) is 18.2. The van der Waals surface area contributed by atoms with Crippen molar-refractivity contribution < 1.29 is 14.7 Å². The number of aliphatic carboxylic acids is 1. The van der Waals surface area contributed by atoms with Crippen molar-refractivity contribution in [2.24, 2.45) is 5.92 Å². The van der Waals surface area contributed by atoms with Crippen LogP contribution >= 0.6 is 22.9 Å². The first-order valence-electron chi connectivity index (χ1n) is 10.5. The van der Waals surface area contributed by atoms with E-state index in [9.17, 15) is 14.7 Å². The number of halogens is 1. The maximum atomic E-state index is 12.4. The smallest absolute Gasteiger partial charge is 0.323 e. The summed E-state index contributed by atoms with van der Waals surface area (Å²) in [5.41, 5.74) is 3.19. The van der Waals surface area contributed by atoms with Gasteiger partial charge >= 0.3 is 12.0 Å². The molecule has 4 rings (SSSR count). The Kier molecular flexibility index (Phi) is 6.77. The fourth-order valence-corrected chi connectivity index (χ4v) is 5.34. The number of hydrogen-bond acceptors (Lipinski definition) is 4. The number of amides is 2. The van der Waals surface area contributed by atoms with E-state index in [0.717, 1.165) is 33.9 Å². The van der Waals surface area contributed by atoms with Gasteiger partial charge in [-0.25, -0.2) is 9.78 Å². The maximum absolute atomic E-state index is 12.4. The van der Waals surface area contributed by atoms with E-state index in [1.165, 1.54) is 0 Å². The van der Waals surface area contributed by atoms with Crippen LogP contribution in [0.15, 0.2) is 48.7 Å². The Morgan fingerprint density at radius 2 is 1.78 bits per heavy atom. The molecule has 6 nitrogen and oxygen atoms in total. The van der Waals surface area contributed by atoms with Crippen molar-refractivity contribution in [1.29, 1.82) is 0 Å². The Labute approximate surface area is 195 Å². The molecule has 2 aromatic carbocycles. The van der Waals surface area contributed by atoms with Crippen LogP contribution in [-0.4, -0.2) is 22.1 Å². The van der Waals surface area contributed by atoms with Crippen LogP contribution in [0.2, 0.25) is 5.02 Å². The van der Waals surface area contributed by atoms with E-state index in [2.05, 4.69) is 15.6 Å². The van der Waals surface area contributed by atoms with E-state index in [-0.39, 0.29) is 11.9 Å². The van der Waals surface area contributed by atoms with Gasteiger partial charge in [0.2, 0.25) is 0 Å². The summed E-state index contributed by atoms with van der Waals surface area (Å²) in [6, 6.07) is 12.7. The molecule has 0 spiro atoms. The predicted octanol–water partition coefficient (Wildman–Crippen LogP) is 6.77. The molecule has 0 atom stereocenters. The molecule has 1 heterocycles. The molecule has 166 valence electrons. The highest BCUT2D eigenvalue weighted by Crippen LogP contribution is 2.39. The Bertz CT molecular complexity index is 1100. The number of carbonyl (C=O) groups excluding carboxylic acids is 1. The van der Waals surface area contributed by atoms with Gasteiger partial charge in [0.25, 0.3) is 0 Å². The summed E-state index contributed by atoms with van der Waals surface area (Å²) in [5, 5.41) is 16.4. The molecular weight excluding hydrogens is 446 g/mol. The lowest BCUT2D eigenvalue weighted by Gasteiger charge is -2.24. The van der Waals surface area contributed by atoms with Gasteiger partial charge in [-0.2, -0.15) is 0 Å². The van der Waals surface area contributed by atoms with Gasteiger partial charge in [0.1, 0.15) is 0 Å². The van der Waals surface area contributed by atoms with Crippen LogP contribution in [0.5, 0.6) is 0 Å². The number of thiazole rings is 1. The Balaban J connectivity index is 1.37. The highest BCUT2D eigenvalue weighted by atomic mass is 35.5. The summed E-state index contributed by atoms with van der Waals surface area (Å²) >= 11 is 7.82. The Morgan fingerprint density at radius 3 is 2.44 bits per heavy atom. The van der Waals surface area contributed by atoms with E-state index >= 15 is 0 Å². The van der Waals surface area contributed by atoms with E-state index in [4.69, 9.17) is 11.6 Å². The molecule has 32 heavy (non-hydrogen) atoms. The predicted molar refractivity (Wildman–Crippen MR) is 129 cm³/mol. The number of hydrogen-bond donors (Lipinski definition) is 3. The first-order valence-corrected chi connectivity index (χ1v) is 11.7. The molecule has 1 aliphatic carbocycles.